The molecule has 0 heterocycles. The van der Waals surface area contributed by atoms with E-state index in [1.165, 1.54) is 12.8 Å². The molecule has 2 atom stereocenters. The molecule has 0 saturated heterocycles. The highest BCUT2D eigenvalue weighted by molar-refractivity contribution is 4.87. The zero-order chi connectivity index (χ0) is 14.8. The monoisotopic (exact) mass is 287 g/mol. The van der Waals surface area contributed by atoms with Gasteiger partial charge in [0.05, 0.1) is 0 Å². The van der Waals surface area contributed by atoms with Gasteiger partial charge in [0, 0.05) is 24.4 Å². The van der Waals surface area contributed by atoms with Crippen LogP contribution in [0.1, 0.15) is 77.0 Å². The summed E-state index contributed by atoms with van der Waals surface area (Å²) in [5.74, 6) is 0. The summed E-state index contributed by atoms with van der Waals surface area (Å²) in [6, 6.07) is 0. The standard InChI is InChI=1S/C15H29NO4/c17-13-9-12-15(16(19)20)11-8-6-4-2-1-3-5-7-10-14(15)18/h14,17-18H,1-13H2. The maximum absolute atomic E-state index is 11.6. The molecule has 2 N–H and O–H groups in total. The summed E-state index contributed by atoms with van der Waals surface area (Å²) in [4.78, 5) is 11.3. The van der Waals surface area contributed by atoms with Gasteiger partial charge in [-0.05, 0) is 19.3 Å². The first-order valence-electron chi connectivity index (χ1n) is 8.07. The molecule has 0 aromatic heterocycles. The van der Waals surface area contributed by atoms with E-state index >= 15 is 0 Å². The average molecular weight is 287 g/mol. The van der Waals surface area contributed by atoms with Crippen molar-refractivity contribution in [2.45, 2.75) is 88.7 Å². The largest absolute Gasteiger partial charge is 0.396 e. The summed E-state index contributed by atoms with van der Waals surface area (Å²) < 4.78 is 0. The minimum absolute atomic E-state index is 0.0533. The van der Waals surface area contributed by atoms with E-state index in [4.69, 9.17) is 5.11 Å². The molecule has 0 aromatic carbocycles. The van der Waals surface area contributed by atoms with Gasteiger partial charge in [-0.25, -0.2) is 0 Å². The number of aliphatic hydroxyl groups excluding tert-OH is 2. The zero-order valence-electron chi connectivity index (χ0n) is 12.4. The third-order valence-corrected chi connectivity index (χ3v) is 4.59. The van der Waals surface area contributed by atoms with Crippen LogP contribution in [0.15, 0.2) is 0 Å². The van der Waals surface area contributed by atoms with Gasteiger partial charge in [-0.1, -0.05) is 44.9 Å². The van der Waals surface area contributed by atoms with Gasteiger partial charge in [0.25, 0.3) is 0 Å². The minimum Gasteiger partial charge on any atom is -0.396 e. The maximum Gasteiger partial charge on any atom is 0.247 e. The van der Waals surface area contributed by atoms with E-state index in [1.807, 2.05) is 0 Å². The van der Waals surface area contributed by atoms with Gasteiger partial charge < -0.3 is 10.2 Å². The zero-order valence-corrected chi connectivity index (χ0v) is 12.4. The smallest absolute Gasteiger partial charge is 0.247 e. The fourth-order valence-electron chi connectivity index (χ4n) is 3.25. The number of aliphatic hydroxyl groups is 2. The fraction of sp³-hybridized carbons (Fsp3) is 1.00. The molecule has 5 heteroatoms. The molecule has 5 nitrogen and oxygen atoms in total. The first-order valence-corrected chi connectivity index (χ1v) is 8.07. The number of hydrogen-bond donors (Lipinski definition) is 2. The number of nitro groups is 1. The SMILES string of the molecule is O=[N+]([O-])C1(CCCO)CCCCCCCCCCC1O. The average Bonchev–Trinajstić information content (AvgIpc) is 2.42. The van der Waals surface area contributed by atoms with E-state index in [0.29, 0.717) is 19.3 Å². The van der Waals surface area contributed by atoms with Crippen LogP contribution in [0.3, 0.4) is 0 Å². The van der Waals surface area contributed by atoms with Gasteiger partial charge in [0.15, 0.2) is 0 Å². The molecule has 0 aliphatic heterocycles. The summed E-state index contributed by atoms with van der Waals surface area (Å²) >= 11 is 0. The summed E-state index contributed by atoms with van der Waals surface area (Å²) in [6.07, 6.45) is 9.16. The lowest BCUT2D eigenvalue weighted by molar-refractivity contribution is -0.586. The lowest BCUT2D eigenvalue weighted by Gasteiger charge is -2.30. The molecule has 20 heavy (non-hydrogen) atoms. The van der Waals surface area contributed by atoms with Crippen molar-refractivity contribution < 1.29 is 15.1 Å². The second-order valence-electron chi connectivity index (χ2n) is 6.07. The fourth-order valence-corrected chi connectivity index (χ4v) is 3.25. The van der Waals surface area contributed by atoms with Crippen molar-refractivity contribution in [2.24, 2.45) is 0 Å². The number of rotatable bonds is 4. The highest BCUT2D eigenvalue weighted by Crippen LogP contribution is 2.32. The van der Waals surface area contributed by atoms with Crippen molar-refractivity contribution in [3.8, 4) is 0 Å². The highest BCUT2D eigenvalue weighted by atomic mass is 16.6. The Morgan fingerprint density at radius 1 is 1.05 bits per heavy atom. The third-order valence-electron chi connectivity index (χ3n) is 4.59. The van der Waals surface area contributed by atoms with Crippen LogP contribution in [0, 0.1) is 10.1 Å². The van der Waals surface area contributed by atoms with Gasteiger partial charge in [-0.2, -0.15) is 0 Å². The molecule has 2 unspecified atom stereocenters. The molecule has 0 amide bonds. The van der Waals surface area contributed by atoms with Gasteiger partial charge in [-0.15, -0.1) is 0 Å². The van der Waals surface area contributed by atoms with E-state index in [9.17, 15) is 15.2 Å². The predicted octanol–water partition coefficient (Wildman–Crippen LogP) is 3.05. The Bertz CT molecular complexity index is 285. The molecule has 0 spiro atoms. The van der Waals surface area contributed by atoms with Crippen LogP contribution in [0.4, 0.5) is 0 Å². The van der Waals surface area contributed by atoms with Crippen molar-refractivity contribution in [1.29, 1.82) is 0 Å². The summed E-state index contributed by atoms with van der Waals surface area (Å²) in [7, 11) is 0. The molecule has 1 saturated carbocycles. The van der Waals surface area contributed by atoms with Crippen LogP contribution in [-0.2, 0) is 0 Å². The lowest BCUT2D eigenvalue weighted by atomic mass is 9.80. The second-order valence-corrected chi connectivity index (χ2v) is 6.07. The first kappa shape index (κ1) is 17.4. The lowest BCUT2D eigenvalue weighted by Crippen LogP contribution is -2.49. The van der Waals surface area contributed by atoms with Gasteiger partial charge in [0.2, 0.25) is 5.54 Å². The maximum atomic E-state index is 11.6. The Balaban J connectivity index is 2.76. The Labute approximate surface area is 121 Å². The molecule has 1 fully saturated rings. The Kier molecular flexibility index (Phi) is 8.07. The van der Waals surface area contributed by atoms with Crippen molar-refractivity contribution >= 4 is 0 Å². The van der Waals surface area contributed by atoms with Gasteiger partial charge in [0.1, 0.15) is 6.10 Å². The summed E-state index contributed by atoms with van der Waals surface area (Å²) in [5.41, 5.74) is -1.25. The summed E-state index contributed by atoms with van der Waals surface area (Å²) in [5, 5.41) is 30.9. The Morgan fingerprint density at radius 3 is 2.15 bits per heavy atom. The van der Waals surface area contributed by atoms with Crippen molar-refractivity contribution in [3.63, 3.8) is 0 Å². The molecular formula is C15H29NO4. The second kappa shape index (κ2) is 9.29. The van der Waals surface area contributed by atoms with Crippen LogP contribution in [-0.4, -0.2) is 33.4 Å². The van der Waals surface area contributed by atoms with E-state index in [-0.39, 0.29) is 18.0 Å². The number of nitrogens with zero attached hydrogens (tertiary/aromatic N) is 1. The minimum atomic E-state index is -1.25. The van der Waals surface area contributed by atoms with E-state index in [1.54, 1.807) is 0 Å². The summed E-state index contributed by atoms with van der Waals surface area (Å²) in [6.45, 7) is -0.0533. The van der Waals surface area contributed by atoms with Crippen LogP contribution in [0.25, 0.3) is 0 Å². The molecule has 0 aromatic rings. The van der Waals surface area contributed by atoms with E-state index in [2.05, 4.69) is 0 Å². The van der Waals surface area contributed by atoms with Crippen LogP contribution >= 0.6 is 0 Å². The van der Waals surface area contributed by atoms with Crippen molar-refractivity contribution in [2.75, 3.05) is 6.61 Å². The van der Waals surface area contributed by atoms with Crippen LogP contribution < -0.4 is 0 Å². The van der Waals surface area contributed by atoms with Gasteiger partial charge >= 0.3 is 0 Å². The van der Waals surface area contributed by atoms with Crippen molar-refractivity contribution in [3.05, 3.63) is 10.1 Å². The van der Waals surface area contributed by atoms with Crippen molar-refractivity contribution in [1.82, 2.24) is 0 Å². The molecular weight excluding hydrogens is 258 g/mol. The quantitative estimate of drug-likeness (QED) is 0.615. The molecule has 1 aliphatic carbocycles. The van der Waals surface area contributed by atoms with Crippen LogP contribution in [0.5, 0.6) is 0 Å². The van der Waals surface area contributed by atoms with E-state index < -0.39 is 11.6 Å². The Morgan fingerprint density at radius 2 is 1.60 bits per heavy atom. The third kappa shape index (κ3) is 5.02. The van der Waals surface area contributed by atoms with Crippen LogP contribution in [0.2, 0.25) is 0 Å². The molecule has 1 rings (SSSR count). The molecule has 1 aliphatic rings. The first-order chi connectivity index (χ1) is 9.63. The highest BCUT2D eigenvalue weighted by Gasteiger charge is 2.48. The molecule has 0 bridgehead atoms. The Hall–Kier alpha value is -0.680. The molecule has 0 radical (unpaired) electrons. The van der Waals surface area contributed by atoms with E-state index in [0.717, 1.165) is 38.5 Å². The molecule has 118 valence electrons. The normalized spacial score (nSPS) is 30.2. The topological polar surface area (TPSA) is 83.6 Å². The van der Waals surface area contributed by atoms with Gasteiger partial charge in [-0.3, -0.25) is 10.1 Å². The predicted molar refractivity (Wildman–Crippen MR) is 78.2 cm³/mol. The number of hydrogen-bond acceptors (Lipinski definition) is 4.